The van der Waals surface area contributed by atoms with Gasteiger partial charge in [0, 0.05) is 18.7 Å². The maximum Gasteiger partial charge on any atom is 0.245 e. The number of amides is 1. The van der Waals surface area contributed by atoms with Gasteiger partial charge in [-0.1, -0.05) is 30.9 Å². The van der Waals surface area contributed by atoms with Crippen molar-refractivity contribution < 1.29 is 4.79 Å². The van der Waals surface area contributed by atoms with E-state index in [-0.39, 0.29) is 5.91 Å². The molecule has 1 saturated carbocycles. The van der Waals surface area contributed by atoms with Crippen molar-refractivity contribution in [1.82, 2.24) is 15.1 Å². The van der Waals surface area contributed by atoms with E-state index in [1.54, 1.807) is 17.8 Å². The zero-order valence-corrected chi connectivity index (χ0v) is 13.1. The van der Waals surface area contributed by atoms with Gasteiger partial charge in [-0.15, -0.1) is 0 Å². The van der Waals surface area contributed by atoms with E-state index in [1.165, 1.54) is 6.08 Å². The fourth-order valence-corrected chi connectivity index (χ4v) is 2.93. The summed E-state index contributed by atoms with van der Waals surface area (Å²) in [6.07, 6.45) is 7.58. The van der Waals surface area contributed by atoms with Crippen LogP contribution in [-0.2, 0) is 11.8 Å². The lowest BCUT2D eigenvalue weighted by Gasteiger charge is -2.31. The van der Waals surface area contributed by atoms with E-state index in [1.807, 2.05) is 6.92 Å². The molecule has 1 aliphatic carbocycles. The lowest BCUT2D eigenvalue weighted by molar-refractivity contribution is -0.118. The molecule has 1 fully saturated rings. The molecule has 0 radical (unpaired) electrons. The van der Waals surface area contributed by atoms with E-state index in [2.05, 4.69) is 16.5 Å². The first-order valence-corrected chi connectivity index (χ1v) is 7.46. The first-order valence-electron chi connectivity index (χ1n) is 7.08. The van der Waals surface area contributed by atoms with E-state index in [4.69, 9.17) is 11.6 Å². The average molecular weight is 307 g/mol. The van der Waals surface area contributed by atoms with Crippen LogP contribution in [0.2, 0.25) is 5.15 Å². The van der Waals surface area contributed by atoms with E-state index in [0.717, 1.165) is 43.4 Å². The highest BCUT2D eigenvalue weighted by molar-refractivity contribution is 6.31. The normalized spacial score (nSPS) is 17.6. The Kier molecular flexibility index (Phi) is 4.69. The number of hydrogen-bond donors (Lipinski definition) is 1. The van der Waals surface area contributed by atoms with Crippen LogP contribution in [0.1, 0.15) is 43.4 Å². The van der Waals surface area contributed by atoms with Crippen LogP contribution in [-0.4, -0.2) is 21.2 Å². The summed E-state index contributed by atoms with van der Waals surface area (Å²) in [6.45, 7) is 1.83. The molecule has 2 rings (SSSR count). The number of hydrogen-bond acceptors (Lipinski definition) is 3. The zero-order valence-electron chi connectivity index (χ0n) is 12.3. The van der Waals surface area contributed by atoms with Gasteiger partial charge in [-0.25, -0.2) is 0 Å². The number of carbonyl (C=O) groups excluding carboxylic acids is 1. The Bertz CT molecular complexity index is 606. The van der Waals surface area contributed by atoms with Crippen molar-refractivity contribution in [3.05, 3.63) is 22.5 Å². The fourth-order valence-electron chi connectivity index (χ4n) is 2.69. The summed E-state index contributed by atoms with van der Waals surface area (Å²) in [5.41, 5.74) is 0.774. The molecule has 5 nitrogen and oxygen atoms in total. The van der Waals surface area contributed by atoms with E-state index in [0.29, 0.717) is 5.15 Å². The molecule has 6 heteroatoms. The monoisotopic (exact) mass is 306 g/mol. The van der Waals surface area contributed by atoms with Crippen LogP contribution in [0.4, 0.5) is 0 Å². The van der Waals surface area contributed by atoms with Crippen LogP contribution >= 0.6 is 11.6 Å². The van der Waals surface area contributed by atoms with E-state index < -0.39 is 5.54 Å². The van der Waals surface area contributed by atoms with Crippen LogP contribution in [0.15, 0.2) is 6.08 Å². The van der Waals surface area contributed by atoms with Gasteiger partial charge in [0.1, 0.15) is 10.7 Å². The Hall–Kier alpha value is -1.80. The van der Waals surface area contributed by atoms with Gasteiger partial charge in [-0.3, -0.25) is 9.48 Å². The van der Waals surface area contributed by atoms with Crippen molar-refractivity contribution >= 4 is 23.6 Å². The summed E-state index contributed by atoms with van der Waals surface area (Å²) < 4.78 is 1.56. The highest BCUT2D eigenvalue weighted by Crippen LogP contribution is 2.27. The molecule has 1 amide bonds. The molecule has 1 aliphatic rings. The molecule has 0 saturated heterocycles. The molecule has 0 unspecified atom stereocenters. The van der Waals surface area contributed by atoms with Gasteiger partial charge in [0.05, 0.1) is 11.8 Å². The molecular formula is C15H19ClN4O. The topological polar surface area (TPSA) is 70.7 Å². The Morgan fingerprint density at radius 1 is 1.48 bits per heavy atom. The van der Waals surface area contributed by atoms with Crippen LogP contribution in [0.3, 0.4) is 0 Å². The Balaban J connectivity index is 2.07. The van der Waals surface area contributed by atoms with Crippen LogP contribution in [0.5, 0.6) is 0 Å². The van der Waals surface area contributed by atoms with Crippen molar-refractivity contribution in [3.63, 3.8) is 0 Å². The summed E-state index contributed by atoms with van der Waals surface area (Å²) in [7, 11) is 1.75. The SMILES string of the molecule is Cc1nn(C)c(Cl)c1/C=C/C(=O)NC1(C#N)CCCCC1. The number of aryl methyl sites for hydroxylation is 2. The zero-order chi connectivity index (χ0) is 15.5. The summed E-state index contributed by atoms with van der Waals surface area (Å²) >= 11 is 6.11. The van der Waals surface area contributed by atoms with Gasteiger partial charge >= 0.3 is 0 Å². The third kappa shape index (κ3) is 3.45. The van der Waals surface area contributed by atoms with Gasteiger partial charge in [0.25, 0.3) is 0 Å². The molecule has 1 heterocycles. The number of nitriles is 1. The molecule has 1 N–H and O–H groups in total. The van der Waals surface area contributed by atoms with Crippen LogP contribution < -0.4 is 5.32 Å². The number of rotatable bonds is 3. The van der Waals surface area contributed by atoms with Crippen molar-refractivity contribution in [3.8, 4) is 6.07 Å². The van der Waals surface area contributed by atoms with Gasteiger partial charge < -0.3 is 5.32 Å². The third-order valence-electron chi connectivity index (χ3n) is 3.88. The van der Waals surface area contributed by atoms with Crippen LogP contribution in [0.25, 0.3) is 6.08 Å². The molecule has 0 aliphatic heterocycles. The first-order chi connectivity index (χ1) is 9.97. The van der Waals surface area contributed by atoms with E-state index >= 15 is 0 Å². The highest BCUT2D eigenvalue weighted by Gasteiger charge is 2.32. The number of aromatic nitrogens is 2. The second-order valence-electron chi connectivity index (χ2n) is 5.49. The quantitative estimate of drug-likeness (QED) is 0.873. The molecule has 0 bridgehead atoms. The Labute approximate surface area is 129 Å². The van der Waals surface area contributed by atoms with Crippen molar-refractivity contribution in [2.24, 2.45) is 7.05 Å². The summed E-state index contributed by atoms with van der Waals surface area (Å²) in [4.78, 5) is 12.1. The predicted molar refractivity (Wildman–Crippen MR) is 81.6 cm³/mol. The van der Waals surface area contributed by atoms with Crippen molar-refractivity contribution in [2.45, 2.75) is 44.6 Å². The van der Waals surface area contributed by atoms with Crippen molar-refractivity contribution in [2.75, 3.05) is 0 Å². The molecule has 112 valence electrons. The number of nitrogens with one attached hydrogen (secondary N) is 1. The van der Waals surface area contributed by atoms with Gasteiger partial charge in [-0.05, 0) is 25.8 Å². The van der Waals surface area contributed by atoms with Crippen molar-refractivity contribution in [1.29, 1.82) is 5.26 Å². The summed E-state index contributed by atoms with van der Waals surface area (Å²) in [5, 5.41) is 16.9. The lowest BCUT2D eigenvalue weighted by atomic mass is 9.83. The molecule has 0 atom stereocenters. The second kappa shape index (κ2) is 6.31. The highest BCUT2D eigenvalue weighted by atomic mass is 35.5. The molecular weight excluding hydrogens is 288 g/mol. The minimum atomic E-state index is -0.715. The standard InChI is InChI=1S/C15H19ClN4O/c1-11-12(14(16)20(2)19-11)6-7-13(21)18-15(10-17)8-4-3-5-9-15/h6-7H,3-5,8-9H2,1-2H3,(H,18,21)/b7-6+. The molecule has 0 spiro atoms. The van der Waals surface area contributed by atoms with Gasteiger partial charge in [0.15, 0.2) is 0 Å². The summed E-state index contributed by atoms with van der Waals surface area (Å²) in [6, 6.07) is 2.27. The largest absolute Gasteiger partial charge is 0.334 e. The Morgan fingerprint density at radius 2 is 2.14 bits per heavy atom. The minimum absolute atomic E-state index is 0.266. The van der Waals surface area contributed by atoms with E-state index in [9.17, 15) is 10.1 Å². The predicted octanol–water partition coefficient (Wildman–Crippen LogP) is 2.74. The smallest absolute Gasteiger partial charge is 0.245 e. The molecule has 1 aromatic heterocycles. The fraction of sp³-hybridized carbons (Fsp3) is 0.533. The summed E-state index contributed by atoms with van der Waals surface area (Å²) in [5.74, 6) is -0.266. The third-order valence-corrected chi connectivity index (χ3v) is 4.33. The van der Waals surface area contributed by atoms with Gasteiger partial charge in [-0.2, -0.15) is 10.4 Å². The number of carbonyl (C=O) groups is 1. The number of nitrogens with zero attached hydrogens (tertiary/aromatic N) is 3. The first kappa shape index (κ1) is 15.6. The molecule has 21 heavy (non-hydrogen) atoms. The molecule has 1 aromatic rings. The Morgan fingerprint density at radius 3 is 2.67 bits per heavy atom. The maximum atomic E-state index is 12.1. The average Bonchev–Trinajstić information content (AvgIpc) is 2.71. The number of halogens is 1. The van der Waals surface area contributed by atoms with Gasteiger partial charge in [0.2, 0.25) is 5.91 Å². The minimum Gasteiger partial charge on any atom is -0.334 e. The maximum absolute atomic E-state index is 12.1. The van der Waals surface area contributed by atoms with Crippen LogP contribution in [0, 0.1) is 18.3 Å². The molecule has 0 aromatic carbocycles. The second-order valence-corrected chi connectivity index (χ2v) is 5.85. The lowest BCUT2D eigenvalue weighted by Crippen LogP contribution is -2.48.